The number of nitriles is 1. The van der Waals surface area contributed by atoms with Gasteiger partial charge in [-0.05, 0) is 24.6 Å². The van der Waals surface area contributed by atoms with Crippen LogP contribution < -0.4 is 0 Å². The van der Waals surface area contributed by atoms with E-state index in [9.17, 15) is 9.90 Å². The van der Waals surface area contributed by atoms with Crippen molar-refractivity contribution in [1.29, 1.82) is 5.26 Å². The van der Waals surface area contributed by atoms with Crippen LogP contribution in [0, 0.1) is 11.3 Å². The smallest absolute Gasteiger partial charge is 0.310 e. The molecule has 1 aromatic carbocycles. The van der Waals surface area contributed by atoms with E-state index in [0.29, 0.717) is 27.8 Å². The van der Waals surface area contributed by atoms with E-state index in [0.717, 1.165) is 0 Å². The van der Waals surface area contributed by atoms with Crippen molar-refractivity contribution in [2.75, 3.05) is 6.61 Å². The van der Waals surface area contributed by atoms with Crippen molar-refractivity contribution in [3.63, 3.8) is 0 Å². The minimum atomic E-state index is -0.377. The predicted molar refractivity (Wildman–Crippen MR) is 65.1 cm³/mol. The molecule has 17 heavy (non-hydrogen) atoms. The number of aliphatic hydroxyl groups excluding tert-OH is 1. The highest BCUT2D eigenvalue weighted by Crippen LogP contribution is 2.25. The molecule has 0 aliphatic rings. The SMILES string of the molecule is CCOC(=O)Cc1c(Br)ccc(C#N)c1CO. The first kappa shape index (κ1) is 13.7. The molecule has 0 aliphatic heterocycles. The molecular formula is C12H12BrNO3. The highest BCUT2D eigenvalue weighted by atomic mass is 79.9. The van der Waals surface area contributed by atoms with Crippen LogP contribution in [-0.4, -0.2) is 17.7 Å². The van der Waals surface area contributed by atoms with Crippen LogP contribution in [0.1, 0.15) is 23.6 Å². The fourth-order valence-electron chi connectivity index (χ4n) is 1.50. The van der Waals surface area contributed by atoms with Gasteiger partial charge in [-0.15, -0.1) is 0 Å². The molecule has 0 saturated carbocycles. The lowest BCUT2D eigenvalue weighted by molar-refractivity contribution is -0.142. The minimum Gasteiger partial charge on any atom is -0.466 e. The fourth-order valence-corrected chi connectivity index (χ4v) is 2.01. The third-order valence-electron chi connectivity index (χ3n) is 2.28. The Morgan fingerprint density at radius 2 is 2.24 bits per heavy atom. The van der Waals surface area contributed by atoms with Gasteiger partial charge in [0, 0.05) is 10.0 Å². The largest absolute Gasteiger partial charge is 0.466 e. The number of rotatable bonds is 4. The second-order valence-electron chi connectivity index (χ2n) is 3.30. The summed E-state index contributed by atoms with van der Waals surface area (Å²) in [6, 6.07) is 5.27. The molecule has 1 aromatic rings. The van der Waals surface area contributed by atoms with Crippen molar-refractivity contribution < 1.29 is 14.6 Å². The summed E-state index contributed by atoms with van der Waals surface area (Å²) >= 11 is 3.30. The molecule has 90 valence electrons. The summed E-state index contributed by atoms with van der Waals surface area (Å²) in [6.07, 6.45) is 0.0415. The van der Waals surface area contributed by atoms with Crippen molar-refractivity contribution in [2.24, 2.45) is 0 Å². The second-order valence-corrected chi connectivity index (χ2v) is 4.16. The molecule has 1 N–H and O–H groups in total. The molecular weight excluding hydrogens is 286 g/mol. The highest BCUT2D eigenvalue weighted by Gasteiger charge is 2.15. The molecule has 0 bridgehead atoms. The topological polar surface area (TPSA) is 70.3 Å². The number of esters is 1. The summed E-state index contributed by atoms with van der Waals surface area (Å²) in [7, 11) is 0. The van der Waals surface area contributed by atoms with Crippen LogP contribution in [0.25, 0.3) is 0 Å². The Morgan fingerprint density at radius 3 is 2.76 bits per heavy atom. The molecule has 0 amide bonds. The van der Waals surface area contributed by atoms with Gasteiger partial charge in [-0.1, -0.05) is 15.9 Å². The number of hydrogen-bond acceptors (Lipinski definition) is 4. The number of carbonyl (C=O) groups excluding carboxylic acids is 1. The fraction of sp³-hybridized carbons (Fsp3) is 0.333. The maximum absolute atomic E-state index is 11.4. The molecule has 5 heteroatoms. The zero-order valence-electron chi connectivity index (χ0n) is 9.36. The quantitative estimate of drug-likeness (QED) is 0.862. The van der Waals surface area contributed by atoms with E-state index in [4.69, 9.17) is 10.00 Å². The Morgan fingerprint density at radius 1 is 1.53 bits per heavy atom. The standard InChI is InChI=1S/C12H12BrNO3/c1-2-17-12(16)5-9-10(7-15)8(6-14)3-4-11(9)13/h3-4,15H,2,5,7H2,1H3. The zero-order chi connectivity index (χ0) is 12.8. The van der Waals surface area contributed by atoms with Gasteiger partial charge in [0.2, 0.25) is 0 Å². The molecule has 0 heterocycles. The van der Waals surface area contributed by atoms with Gasteiger partial charge in [0.25, 0.3) is 0 Å². The molecule has 1 rings (SSSR count). The first-order valence-corrected chi connectivity index (χ1v) is 5.90. The van der Waals surface area contributed by atoms with Crippen molar-refractivity contribution in [3.8, 4) is 6.07 Å². The lowest BCUT2D eigenvalue weighted by atomic mass is 10.00. The van der Waals surface area contributed by atoms with Gasteiger partial charge in [-0.25, -0.2) is 0 Å². The summed E-state index contributed by atoms with van der Waals surface area (Å²) in [5, 5.41) is 18.2. The average molecular weight is 298 g/mol. The third-order valence-corrected chi connectivity index (χ3v) is 3.02. The van der Waals surface area contributed by atoms with Gasteiger partial charge in [-0.3, -0.25) is 4.79 Å². The predicted octanol–water partition coefficient (Wildman–Crippen LogP) is 1.92. The first-order valence-electron chi connectivity index (χ1n) is 5.10. The molecule has 0 fully saturated rings. The number of hydrogen-bond donors (Lipinski definition) is 1. The summed E-state index contributed by atoms with van der Waals surface area (Å²) in [5.74, 6) is -0.377. The van der Waals surface area contributed by atoms with E-state index in [-0.39, 0.29) is 19.0 Å². The van der Waals surface area contributed by atoms with E-state index >= 15 is 0 Å². The molecule has 0 aliphatic carbocycles. The molecule has 4 nitrogen and oxygen atoms in total. The number of halogens is 1. The number of carbonyl (C=O) groups is 1. The van der Waals surface area contributed by atoms with Gasteiger partial charge in [0.05, 0.1) is 31.3 Å². The van der Waals surface area contributed by atoms with Crippen LogP contribution in [0.4, 0.5) is 0 Å². The van der Waals surface area contributed by atoms with Gasteiger partial charge in [0.1, 0.15) is 0 Å². The third kappa shape index (κ3) is 3.29. The van der Waals surface area contributed by atoms with Crippen molar-refractivity contribution in [2.45, 2.75) is 20.0 Å². The lowest BCUT2D eigenvalue weighted by Crippen LogP contribution is -2.11. The van der Waals surface area contributed by atoms with Crippen LogP contribution in [0.15, 0.2) is 16.6 Å². The summed E-state index contributed by atoms with van der Waals surface area (Å²) < 4.78 is 5.54. The van der Waals surface area contributed by atoms with Crippen LogP contribution in [0.2, 0.25) is 0 Å². The number of nitrogens with zero attached hydrogens (tertiary/aromatic N) is 1. The first-order chi connectivity index (χ1) is 8.13. The summed E-state index contributed by atoms with van der Waals surface area (Å²) in [5.41, 5.74) is 1.44. The van der Waals surface area contributed by atoms with Gasteiger partial charge >= 0.3 is 5.97 Å². The minimum absolute atomic E-state index is 0.0415. The van der Waals surface area contributed by atoms with E-state index in [1.165, 1.54) is 0 Å². The number of ether oxygens (including phenoxy) is 1. The van der Waals surface area contributed by atoms with Crippen molar-refractivity contribution in [1.82, 2.24) is 0 Å². The summed E-state index contributed by atoms with van der Waals surface area (Å²) in [6.45, 7) is 1.76. The molecule has 0 unspecified atom stereocenters. The molecule has 0 aromatic heterocycles. The van der Waals surface area contributed by atoms with Crippen LogP contribution >= 0.6 is 15.9 Å². The normalized spacial score (nSPS) is 9.76. The Balaban J connectivity index is 3.13. The van der Waals surface area contributed by atoms with Crippen LogP contribution in [-0.2, 0) is 22.6 Å². The molecule has 0 saturated heterocycles. The monoisotopic (exact) mass is 297 g/mol. The van der Waals surface area contributed by atoms with Gasteiger partial charge in [-0.2, -0.15) is 5.26 Å². The molecule has 0 spiro atoms. The van der Waals surface area contributed by atoms with Crippen LogP contribution in [0.3, 0.4) is 0 Å². The van der Waals surface area contributed by atoms with E-state index < -0.39 is 0 Å². The van der Waals surface area contributed by atoms with E-state index in [2.05, 4.69) is 15.9 Å². The maximum atomic E-state index is 11.4. The average Bonchev–Trinajstić information content (AvgIpc) is 2.31. The molecule has 0 atom stereocenters. The zero-order valence-corrected chi connectivity index (χ0v) is 11.0. The lowest BCUT2D eigenvalue weighted by Gasteiger charge is -2.11. The summed E-state index contributed by atoms with van der Waals surface area (Å²) in [4.78, 5) is 11.4. The highest BCUT2D eigenvalue weighted by molar-refractivity contribution is 9.10. The van der Waals surface area contributed by atoms with Crippen molar-refractivity contribution >= 4 is 21.9 Å². The van der Waals surface area contributed by atoms with E-state index in [1.807, 2.05) is 6.07 Å². The Bertz CT molecular complexity index is 466. The maximum Gasteiger partial charge on any atom is 0.310 e. The Labute approximate surface area is 108 Å². The Kier molecular flexibility index (Phi) is 5.13. The van der Waals surface area contributed by atoms with Crippen molar-refractivity contribution in [3.05, 3.63) is 33.3 Å². The van der Waals surface area contributed by atoms with E-state index in [1.54, 1.807) is 19.1 Å². The van der Waals surface area contributed by atoms with Gasteiger partial charge < -0.3 is 9.84 Å². The van der Waals surface area contributed by atoms with Gasteiger partial charge in [0.15, 0.2) is 0 Å². The Hall–Kier alpha value is -1.38. The number of aliphatic hydroxyl groups is 1. The second kappa shape index (κ2) is 6.38. The number of benzene rings is 1. The van der Waals surface area contributed by atoms with Crippen LogP contribution in [0.5, 0.6) is 0 Å². The molecule has 0 radical (unpaired) electrons.